The molecule has 1 aromatic heterocycles. The van der Waals surface area contributed by atoms with E-state index in [0.717, 1.165) is 56.5 Å². The number of hydrogen-bond acceptors (Lipinski definition) is 4. The Hall–Kier alpha value is -2.70. The number of nitrogens with one attached hydrogen (secondary N) is 2. The van der Waals surface area contributed by atoms with Crippen molar-refractivity contribution in [2.45, 2.75) is 20.0 Å². The van der Waals surface area contributed by atoms with Crippen molar-refractivity contribution in [1.82, 2.24) is 10.2 Å². The highest BCUT2D eigenvalue weighted by Gasteiger charge is 2.25. The first-order chi connectivity index (χ1) is 13.7. The summed E-state index contributed by atoms with van der Waals surface area (Å²) in [5.74, 6) is 2.25. The molecule has 28 heavy (non-hydrogen) atoms. The van der Waals surface area contributed by atoms with Crippen LogP contribution >= 0.6 is 0 Å². The fourth-order valence-electron chi connectivity index (χ4n) is 3.78. The van der Waals surface area contributed by atoms with Crippen LogP contribution in [-0.2, 0) is 13.1 Å². The second kappa shape index (κ2) is 8.54. The minimum absolute atomic E-state index is 0.613. The SMILES string of the molecule is COc1ccc(C[NH+]2CC[NH+](Cc3nnc(-c4cccc(C)c4)o3)CC2)cc1. The summed E-state index contributed by atoms with van der Waals surface area (Å²) in [6.07, 6.45) is 0. The summed E-state index contributed by atoms with van der Waals surface area (Å²) in [6, 6.07) is 16.6. The monoisotopic (exact) mass is 380 g/mol. The van der Waals surface area contributed by atoms with Gasteiger partial charge in [-0.2, -0.15) is 0 Å². The quantitative estimate of drug-likeness (QED) is 0.655. The highest BCUT2D eigenvalue weighted by Crippen LogP contribution is 2.18. The van der Waals surface area contributed by atoms with Gasteiger partial charge in [0.15, 0.2) is 6.54 Å². The summed E-state index contributed by atoms with van der Waals surface area (Å²) < 4.78 is 11.1. The van der Waals surface area contributed by atoms with Crippen LogP contribution in [0.25, 0.3) is 11.5 Å². The van der Waals surface area contributed by atoms with Crippen LogP contribution in [0.15, 0.2) is 52.9 Å². The fourth-order valence-corrected chi connectivity index (χ4v) is 3.78. The Kier molecular flexibility index (Phi) is 5.69. The maximum atomic E-state index is 5.91. The van der Waals surface area contributed by atoms with E-state index in [1.807, 2.05) is 24.3 Å². The summed E-state index contributed by atoms with van der Waals surface area (Å²) in [5.41, 5.74) is 3.54. The molecule has 2 aromatic carbocycles. The van der Waals surface area contributed by atoms with Crippen molar-refractivity contribution in [1.29, 1.82) is 0 Å². The van der Waals surface area contributed by atoms with Crippen LogP contribution in [0, 0.1) is 6.92 Å². The fraction of sp³-hybridized carbons (Fsp3) is 0.364. The minimum atomic E-state index is 0.613. The molecule has 0 saturated carbocycles. The van der Waals surface area contributed by atoms with Gasteiger partial charge in [-0.15, -0.1) is 10.2 Å². The zero-order chi connectivity index (χ0) is 19.3. The molecule has 1 saturated heterocycles. The third kappa shape index (κ3) is 4.58. The first kappa shape index (κ1) is 18.7. The number of benzene rings is 2. The van der Waals surface area contributed by atoms with Gasteiger partial charge in [0.2, 0.25) is 5.89 Å². The number of ether oxygens (including phenoxy) is 1. The van der Waals surface area contributed by atoms with E-state index in [0.29, 0.717) is 5.89 Å². The predicted molar refractivity (Wildman–Crippen MR) is 106 cm³/mol. The highest BCUT2D eigenvalue weighted by molar-refractivity contribution is 5.53. The predicted octanol–water partition coefficient (Wildman–Crippen LogP) is 0.537. The lowest BCUT2D eigenvalue weighted by molar-refractivity contribution is -1.02. The van der Waals surface area contributed by atoms with Gasteiger partial charge in [0, 0.05) is 11.1 Å². The lowest BCUT2D eigenvalue weighted by Crippen LogP contribution is -3.27. The van der Waals surface area contributed by atoms with Gasteiger partial charge in [0.05, 0.1) is 7.11 Å². The molecule has 0 atom stereocenters. The van der Waals surface area contributed by atoms with Crippen molar-refractivity contribution in [2.24, 2.45) is 0 Å². The standard InChI is InChI=1S/C22H26N4O2/c1-17-4-3-5-19(14-17)22-24-23-21(28-22)16-26-12-10-25(11-13-26)15-18-6-8-20(27-2)9-7-18/h3-9,14H,10-13,15-16H2,1-2H3/p+2. The second-order valence-corrected chi connectivity index (χ2v) is 7.57. The Labute approximate surface area is 165 Å². The van der Waals surface area contributed by atoms with Crippen molar-refractivity contribution in [2.75, 3.05) is 33.3 Å². The number of methoxy groups -OCH3 is 1. The van der Waals surface area contributed by atoms with E-state index < -0.39 is 0 Å². The molecule has 2 heterocycles. The number of piperazine rings is 1. The maximum Gasteiger partial charge on any atom is 0.271 e. The van der Waals surface area contributed by atoms with Crippen molar-refractivity contribution in [3.63, 3.8) is 0 Å². The molecule has 0 unspecified atom stereocenters. The molecule has 6 nitrogen and oxygen atoms in total. The Bertz CT molecular complexity index is 899. The first-order valence-electron chi connectivity index (χ1n) is 9.89. The largest absolute Gasteiger partial charge is 0.497 e. The molecule has 0 bridgehead atoms. The molecule has 3 aromatic rings. The van der Waals surface area contributed by atoms with Gasteiger partial charge in [-0.25, -0.2) is 0 Å². The Morgan fingerprint density at radius 1 is 0.929 bits per heavy atom. The summed E-state index contributed by atoms with van der Waals surface area (Å²) in [4.78, 5) is 3.14. The molecule has 0 aliphatic carbocycles. The topological polar surface area (TPSA) is 57.0 Å². The van der Waals surface area contributed by atoms with E-state index in [1.165, 1.54) is 16.0 Å². The molecule has 0 radical (unpaired) electrons. The summed E-state index contributed by atoms with van der Waals surface area (Å²) >= 11 is 0. The average molecular weight is 380 g/mol. The third-order valence-electron chi connectivity index (χ3n) is 5.41. The lowest BCUT2D eigenvalue weighted by atomic mass is 10.1. The zero-order valence-electron chi connectivity index (χ0n) is 16.6. The van der Waals surface area contributed by atoms with Gasteiger partial charge < -0.3 is 19.0 Å². The molecular formula is C22H28N4O2+2. The van der Waals surface area contributed by atoms with Gasteiger partial charge in [0.1, 0.15) is 38.5 Å². The third-order valence-corrected chi connectivity index (χ3v) is 5.41. The number of nitrogens with zero attached hydrogens (tertiary/aromatic N) is 2. The van der Waals surface area contributed by atoms with E-state index in [2.05, 4.69) is 41.4 Å². The van der Waals surface area contributed by atoms with Crippen LogP contribution < -0.4 is 14.5 Å². The van der Waals surface area contributed by atoms with Crippen LogP contribution in [0.4, 0.5) is 0 Å². The Morgan fingerprint density at radius 2 is 1.64 bits per heavy atom. The van der Waals surface area contributed by atoms with E-state index in [4.69, 9.17) is 9.15 Å². The number of rotatable bonds is 6. The zero-order valence-corrected chi connectivity index (χ0v) is 16.6. The van der Waals surface area contributed by atoms with Crippen molar-refractivity contribution in [3.8, 4) is 17.2 Å². The minimum Gasteiger partial charge on any atom is -0.497 e. The van der Waals surface area contributed by atoms with E-state index >= 15 is 0 Å². The molecule has 2 N–H and O–H groups in total. The molecule has 1 fully saturated rings. The molecule has 1 aliphatic rings. The molecule has 4 rings (SSSR count). The van der Waals surface area contributed by atoms with Crippen LogP contribution in [0.5, 0.6) is 5.75 Å². The van der Waals surface area contributed by atoms with Gasteiger partial charge in [-0.05, 0) is 43.3 Å². The van der Waals surface area contributed by atoms with Gasteiger partial charge in [0.25, 0.3) is 5.89 Å². The molecule has 146 valence electrons. The summed E-state index contributed by atoms with van der Waals surface area (Å²) in [6.45, 7) is 8.48. The average Bonchev–Trinajstić information content (AvgIpc) is 3.19. The number of aryl methyl sites for hydroxylation is 1. The smallest absolute Gasteiger partial charge is 0.271 e. The maximum absolute atomic E-state index is 5.91. The molecule has 6 heteroatoms. The molecule has 0 amide bonds. The van der Waals surface area contributed by atoms with E-state index in [9.17, 15) is 0 Å². The number of hydrogen-bond donors (Lipinski definition) is 2. The summed E-state index contributed by atoms with van der Waals surface area (Å²) in [7, 11) is 1.70. The number of aromatic nitrogens is 2. The van der Waals surface area contributed by atoms with Crippen molar-refractivity contribution < 1.29 is 19.0 Å². The van der Waals surface area contributed by atoms with Crippen LogP contribution in [0.3, 0.4) is 0 Å². The first-order valence-corrected chi connectivity index (χ1v) is 9.89. The molecule has 0 spiro atoms. The lowest BCUT2D eigenvalue weighted by Gasteiger charge is -2.29. The number of quaternary nitrogens is 2. The van der Waals surface area contributed by atoms with Crippen molar-refractivity contribution in [3.05, 3.63) is 65.5 Å². The van der Waals surface area contributed by atoms with Gasteiger partial charge in [-0.3, -0.25) is 0 Å². The molecule has 1 aliphatic heterocycles. The highest BCUT2D eigenvalue weighted by atomic mass is 16.5. The Morgan fingerprint density at radius 3 is 2.32 bits per heavy atom. The van der Waals surface area contributed by atoms with Crippen molar-refractivity contribution >= 4 is 0 Å². The van der Waals surface area contributed by atoms with Gasteiger partial charge >= 0.3 is 0 Å². The normalized spacial score (nSPS) is 19.5. The molecular weight excluding hydrogens is 352 g/mol. The van der Waals surface area contributed by atoms with Crippen LogP contribution in [0.2, 0.25) is 0 Å². The van der Waals surface area contributed by atoms with Crippen LogP contribution in [0.1, 0.15) is 17.0 Å². The summed E-state index contributed by atoms with van der Waals surface area (Å²) in [5, 5.41) is 8.50. The Balaban J connectivity index is 1.28. The van der Waals surface area contributed by atoms with Gasteiger partial charge in [-0.1, -0.05) is 17.7 Å². The van der Waals surface area contributed by atoms with E-state index in [-0.39, 0.29) is 0 Å². The second-order valence-electron chi connectivity index (χ2n) is 7.57. The van der Waals surface area contributed by atoms with E-state index in [1.54, 1.807) is 12.0 Å². The van der Waals surface area contributed by atoms with Crippen LogP contribution in [-0.4, -0.2) is 43.5 Å².